The molecule has 0 aromatic rings. The quantitative estimate of drug-likeness (QED) is 0.702. The molecule has 0 aliphatic carbocycles. The zero-order valence-electron chi connectivity index (χ0n) is 10.9. The Morgan fingerprint density at radius 1 is 1.26 bits per heavy atom. The standard InChI is InChI=1S/C13H19N3O3/c17-12-11(14-13(18)19)5-10-16(12)9-4-3-8-15-6-1-2-7-15/h11,14H,1-2,5-10H2,(H,18,19). The summed E-state index contributed by atoms with van der Waals surface area (Å²) in [7, 11) is 0. The van der Waals surface area contributed by atoms with Gasteiger partial charge in [0.15, 0.2) is 0 Å². The van der Waals surface area contributed by atoms with Crippen LogP contribution in [0.25, 0.3) is 0 Å². The summed E-state index contributed by atoms with van der Waals surface area (Å²) >= 11 is 0. The predicted octanol–water partition coefficient (Wildman–Crippen LogP) is -0.0459. The molecule has 2 aliphatic heterocycles. The molecule has 0 aromatic carbocycles. The maximum atomic E-state index is 11.8. The fourth-order valence-corrected chi connectivity index (χ4v) is 2.44. The fourth-order valence-electron chi connectivity index (χ4n) is 2.44. The van der Waals surface area contributed by atoms with Crippen molar-refractivity contribution in [2.75, 3.05) is 32.7 Å². The second kappa shape index (κ2) is 6.43. The number of carbonyl (C=O) groups is 2. The Morgan fingerprint density at radius 3 is 2.63 bits per heavy atom. The van der Waals surface area contributed by atoms with Crippen LogP contribution in [0.4, 0.5) is 4.79 Å². The predicted molar refractivity (Wildman–Crippen MR) is 69.6 cm³/mol. The third kappa shape index (κ3) is 3.86. The summed E-state index contributed by atoms with van der Waals surface area (Å²) in [5.74, 6) is 5.90. The average molecular weight is 265 g/mol. The zero-order chi connectivity index (χ0) is 13.7. The summed E-state index contributed by atoms with van der Waals surface area (Å²) in [6.45, 7) is 3.95. The first-order chi connectivity index (χ1) is 9.16. The molecule has 0 spiro atoms. The van der Waals surface area contributed by atoms with Gasteiger partial charge >= 0.3 is 6.09 Å². The van der Waals surface area contributed by atoms with Gasteiger partial charge in [0.25, 0.3) is 0 Å². The molecule has 1 atom stereocenters. The lowest BCUT2D eigenvalue weighted by Crippen LogP contribution is -2.40. The molecule has 0 bridgehead atoms. The van der Waals surface area contributed by atoms with E-state index in [1.54, 1.807) is 4.90 Å². The third-order valence-corrected chi connectivity index (χ3v) is 3.49. The number of rotatable bonds is 3. The van der Waals surface area contributed by atoms with Gasteiger partial charge < -0.3 is 15.3 Å². The first-order valence-corrected chi connectivity index (χ1v) is 6.63. The molecule has 19 heavy (non-hydrogen) atoms. The number of hydrogen-bond donors (Lipinski definition) is 2. The van der Waals surface area contributed by atoms with Crippen LogP contribution < -0.4 is 5.32 Å². The Bertz CT molecular complexity index is 407. The largest absolute Gasteiger partial charge is 0.465 e. The third-order valence-electron chi connectivity index (χ3n) is 3.49. The zero-order valence-corrected chi connectivity index (χ0v) is 10.9. The monoisotopic (exact) mass is 265 g/mol. The molecule has 2 amide bonds. The van der Waals surface area contributed by atoms with Crippen LogP contribution in [0.2, 0.25) is 0 Å². The van der Waals surface area contributed by atoms with Crippen LogP contribution in [0.1, 0.15) is 19.3 Å². The Morgan fingerprint density at radius 2 is 1.95 bits per heavy atom. The minimum absolute atomic E-state index is 0.169. The molecule has 0 radical (unpaired) electrons. The van der Waals surface area contributed by atoms with E-state index < -0.39 is 12.1 Å². The highest BCUT2D eigenvalue weighted by Crippen LogP contribution is 2.10. The summed E-state index contributed by atoms with van der Waals surface area (Å²) in [5, 5.41) is 10.8. The molecule has 104 valence electrons. The smallest absolute Gasteiger partial charge is 0.405 e. The fraction of sp³-hybridized carbons (Fsp3) is 0.692. The van der Waals surface area contributed by atoms with Crippen LogP contribution in [0, 0.1) is 11.8 Å². The van der Waals surface area contributed by atoms with E-state index in [4.69, 9.17) is 5.11 Å². The summed E-state index contributed by atoms with van der Waals surface area (Å²) < 4.78 is 0. The van der Waals surface area contributed by atoms with E-state index in [1.807, 2.05) is 0 Å². The molecule has 6 heteroatoms. The topological polar surface area (TPSA) is 72.9 Å². The second-order valence-electron chi connectivity index (χ2n) is 4.89. The lowest BCUT2D eigenvalue weighted by Gasteiger charge is -2.13. The van der Waals surface area contributed by atoms with Crippen LogP contribution in [-0.2, 0) is 4.79 Å². The number of hydrogen-bond acceptors (Lipinski definition) is 3. The Hall–Kier alpha value is -1.74. The van der Waals surface area contributed by atoms with E-state index in [-0.39, 0.29) is 5.91 Å². The lowest BCUT2D eigenvalue weighted by molar-refractivity contribution is -0.128. The van der Waals surface area contributed by atoms with Crippen LogP contribution in [-0.4, -0.2) is 65.7 Å². The van der Waals surface area contributed by atoms with Crippen molar-refractivity contribution in [3.63, 3.8) is 0 Å². The molecular formula is C13H19N3O3. The van der Waals surface area contributed by atoms with Crippen molar-refractivity contribution in [2.24, 2.45) is 0 Å². The van der Waals surface area contributed by atoms with E-state index in [9.17, 15) is 9.59 Å². The van der Waals surface area contributed by atoms with Gasteiger partial charge in [-0.05, 0) is 32.4 Å². The van der Waals surface area contributed by atoms with Crippen LogP contribution in [0.15, 0.2) is 0 Å². The van der Waals surface area contributed by atoms with Gasteiger partial charge in [0, 0.05) is 6.54 Å². The molecule has 2 fully saturated rings. The van der Waals surface area contributed by atoms with Gasteiger partial charge in [-0.1, -0.05) is 11.8 Å². The van der Waals surface area contributed by atoms with Crippen LogP contribution in [0.5, 0.6) is 0 Å². The second-order valence-corrected chi connectivity index (χ2v) is 4.89. The summed E-state index contributed by atoms with van der Waals surface area (Å²) in [6.07, 6.45) is 1.86. The average Bonchev–Trinajstić information content (AvgIpc) is 2.98. The van der Waals surface area contributed by atoms with Gasteiger partial charge in [0.2, 0.25) is 5.91 Å². The normalized spacial score (nSPS) is 23.3. The highest BCUT2D eigenvalue weighted by atomic mass is 16.4. The lowest BCUT2D eigenvalue weighted by atomic mass is 10.2. The van der Waals surface area contributed by atoms with Crippen molar-refractivity contribution in [2.45, 2.75) is 25.3 Å². The molecule has 6 nitrogen and oxygen atoms in total. The van der Waals surface area contributed by atoms with Crippen molar-refractivity contribution in [3.8, 4) is 11.8 Å². The SMILES string of the molecule is O=C(O)NC1CCN(CC#CCN2CCCC2)C1=O. The molecular weight excluding hydrogens is 246 g/mol. The Balaban J connectivity index is 1.73. The number of nitrogens with zero attached hydrogens (tertiary/aromatic N) is 2. The molecule has 0 aromatic heterocycles. The Kier molecular flexibility index (Phi) is 4.63. The molecule has 1 unspecified atom stereocenters. The van der Waals surface area contributed by atoms with E-state index in [1.165, 1.54) is 12.8 Å². The maximum Gasteiger partial charge on any atom is 0.405 e. The van der Waals surface area contributed by atoms with Gasteiger partial charge in [-0.2, -0.15) is 0 Å². The first kappa shape index (κ1) is 13.7. The van der Waals surface area contributed by atoms with Gasteiger partial charge in [-0.25, -0.2) is 4.79 Å². The van der Waals surface area contributed by atoms with Gasteiger partial charge in [0.05, 0.1) is 13.1 Å². The first-order valence-electron chi connectivity index (χ1n) is 6.63. The van der Waals surface area contributed by atoms with E-state index in [2.05, 4.69) is 22.1 Å². The highest BCUT2D eigenvalue weighted by Gasteiger charge is 2.31. The summed E-state index contributed by atoms with van der Waals surface area (Å²) in [6, 6.07) is -0.599. The van der Waals surface area contributed by atoms with Crippen molar-refractivity contribution in [1.82, 2.24) is 15.1 Å². The van der Waals surface area contributed by atoms with Crippen molar-refractivity contribution < 1.29 is 14.7 Å². The Labute approximate surface area is 112 Å². The minimum Gasteiger partial charge on any atom is -0.465 e. The van der Waals surface area contributed by atoms with Crippen LogP contribution >= 0.6 is 0 Å². The van der Waals surface area contributed by atoms with Crippen molar-refractivity contribution in [1.29, 1.82) is 0 Å². The molecule has 2 saturated heterocycles. The van der Waals surface area contributed by atoms with Crippen molar-refractivity contribution in [3.05, 3.63) is 0 Å². The number of carbonyl (C=O) groups excluding carboxylic acids is 1. The molecule has 2 heterocycles. The number of likely N-dealkylation sites (tertiary alicyclic amines) is 2. The van der Waals surface area contributed by atoms with Gasteiger partial charge in [-0.15, -0.1) is 0 Å². The van der Waals surface area contributed by atoms with E-state index >= 15 is 0 Å². The molecule has 2 N–H and O–H groups in total. The van der Waals surface area contributed by atoms with Gasteiger partial charge in [0.1, 0.15) is 6.04 Å². The van der Waals surface area contributed by atoms with E-state index in [0.717, 1.165) is 19.6 Å². The minimum atomic E-state index is -1.15. The van der Waals surface area contributed by atoms with E-state index in [0.29, 0.717) is 19.5 Å². The van der Waals surface area contributed by atoms with Gasteiger partial charge in [-0.3, -0.25) is 9.69 Å². The van der Waals surface area contributed by atoms with Crippen molar-refractivity contribution >= 4 is 12.0 Å². The maximum absolute atomic E-state index is 11.8. The highest BCUT2D eigenvalue weighted by molar-refractivity contribution is 5.87. The molecule has 2 rings (SSSR count). The van der Waals surface area contributed by atoms with Crippen LogP contribution in [0.3, 0.4) is 0 Å². The number of carboxylic acid groups (broad SMARTS) is 1. The summed E-state index contributed by atoms with van der Waals surface area (Å²) in [4.78, 5) is 26.2. The molecule has 2 aliphatic rings. The molecule has 0 saturated carbocycles. The number of amides is 2. The number of nitrogens with one attached hydrogen (secondary N) is 1. The summed E-state index contributed by atoms with van der Waals surface area (Å²) in [5.41, 5.74) is 0.